The lowest BCUT2D eigenvalue weighted by atomic mass is 9.97. The SMILES string of the molecule is CCC(CN)c1ccc(Cl)cc1Cl. The third kappa shape index (κ3) is 2.60. The minimum atomic E-state index is 0.338. The molecule has 1 nitrogen and oxygen atoms in total. The monoisotopic (exact) mass is 217 g/mol. The summed E-state index contributed by atoms with van der Waals surface area (Å²) in [5.41, 5.74) is 6.72. The number of benzene rings is 1. The van der Waals surface area contributed by atoms with Crippen LogP contribution in [0.5, 0.6) is 0 Å². The van der Waals surface area contributed by atoms with Gasteiger partial charge in [0.1, 0.15) is 0 Å². The van der Waals surface area contributed by atoms with E-state index in [2.05, 4.69) is 6.92 Å². The van der Waals surface area contributed by atoms with Crippen LogP contribution in [0.2, 0.25) is 10.0 Å². The molecule has 1 aromatic carbocycles. The number of hydrogen-bond acceptors (Lipinski definition) is 1. The zero-order chi connectivity index (χ0) is 9.84. The lowest BCUT2D eigenvalue weighted by Gasteiger charge is -2.14. The smallest absolute Gasteiger partial charge is 0.0456 e. The summed E-state index contributed by atoms with van der Waals surface area (Å²) in [4.78, 5) is 0. The average Bonchev–Trinajstić information content (AvgIpc) is 2.10. The van der Waals surface area contributed by atoms with E-state index in [1.165, 1.54) is 0 Å². The van der Waals surface area contributed by atoms with Crippen molar-refractivity contribution in [1.29, 1.82) is 0 Å². The first-order valence-electron chi connectivity index (χ1n) is 4.34. The van der Waals surface area contributed by atoms with E-state index < -0.39 is 0 Å². The second-order valence-electron chi connectivity index (χ2n) is 3.01. The fourth-order valence-corrected chi connectivity index (χ4v) is 1.91. The highest BCUT2D eigenvalue weighted by atomic mass is 35.5. The first-order chi connectivity index (χ1) is 6.19. The van der Waals surface area contributed by atoms with E-state index >= 15 is 0 Å². The summed E-state index contributed by atoms with van der Waals surface area (Å²) in [6.45, 7) is 2.72. The Balaban J connectivity index is 2.99. The van der Waals surface area contributed by atoms with Crippen molar-refractivity contribution < 1.29 is 0 Å². The molecule has 0 heterocycles. The largest absolute Gasteiger partial charge is 0.330 e. The van der Waals surface area contributed by atoms with Gasteiger partial charge >= 0.3 is 0 Å². The molecular formula is C10H13Cl2N. The van der Waals surface area contributed by atoms with Crippen LogP contribution in [0.1, 0.15) is 24.8 Å². The third-order valence-corrected chi connectivity index (χ3v) is 2.74. The molecule has 3 heteroatoms. The molecule has 0 bridgehead atoms. The average molecular weight is 218 g/mol. The van der Waals surface area contributed by atoms with Gasteiger partial charge in [0.05, 0.1) is 0 Å². The molecule has 0 aromatic heterocycles. The lowest BCUT2D eigenvalue weighted by Crippen LogP contribution is -2.11. The van der Waals surface area contributed by atoms with Gasteiger partial charge in [0.2, 0.25) is 0 Å². The predicted molar refractivity (Wildman–Crippen MR) is 58.5 cm³/mol. The van der Waals surface area contributed by atoms with Crippen molar-refractivity contribution in [1.82, 2.24) is 0 Å². The van der Waals surface area contributed by atoms with Crippen LogP contribution in [-0.4, -0.2) is 6.54 Å². The van der Waals surface area contributed by atoms with E-state index in [9.17, 15) is 0 Å². The van der Waals surface area contributed by atoms with Crippen molar-refractivity contribution in [3.63, 3.8) is 0 Å². The maximum Gasteiger partial charge on any atom is 0.0456 e. The van der Waals surface area contributed by atoms with Crippen molar-refractivity contribution in [3.05, 3.63) is 33.8 Å². The molecule has 2 N–H and O–H groups in total. The standard InChI is InChI=1S/C10H13Cl2N/c1-2-7(6-13)9-4-3-8(11)5-10(9)12/h3-5,7H,2,6,13H2,1H3. The topological polar surface area (TPSA) is 26.0 Å². The quantitative estimate of drug-likeness (QED) is 0.826. The summed E-state index contributed by atoms with van der Waals surface area (Å²) in [7, 11) is 0. The van der Waals surface area contributed by atoms with Crippen LogP contribution in [-0.2, 0) is 0 Å². The van der Waals surface area contributed by atoms with Gasteiger partial charge in [0, 0.05) is 10.0 Å². The van der Waals surface area contributed by atoms with Crippen LogP contribution in [0.3, 0.4) is 0 Å². The zero-order valence-corrected chi connectivity index (χ0v) is 9.07. The fourth-order valence-electron chi connectivity index (χ4n) is 1.35. The van der Waals surface area contributed by atoms with Crippen LogP contribution >= 0.6 is 23.2 Å². The molecule has 1 rings (SSSR count). The summed E-state index contributed by atoms with van der Waals surface area (Å²) in [6, 6.07) is 5.56. The van der Waals surface area contributed by atoms with Gasteiger partial charge in [0.15, 0.2) is 0 Å². The van der Waals surface area contributed by atoms with Crippen LogP contribution < -0.4 is 5.73 Å². The Hall–Kier alpha value is -0.240. The first-order valence-corrected chi connectivity index (χ1v) is 5.09. The molecule has 13 heavy (non-hydrogen) atoms. The molecule has 72 valence electrons. The maximum atomic E-state index is 6.04. The van der Waals surface area contributed by atoms with Crippen LogP contribution in [0.4, 0.5) is 0 Å². The Morgan fingerprint density at radius 1 is 1.38 bits per heavy atom. The van der Waals surface area contributed by atoms with Crippen LogP contribution in [0.15, 0.2) is 18.2 Å². The number of halogens is 2. The van der Waals surface area contributed by atoms with Gasteiger partial charge in [-0.05, 0) is 36.6 Å². The van der Waals surface area contributed by atoms with E-state index in [-0.39, 0.29) is 0 Å². The Kier molecular flexibility index (Phi) is 4.04. The van der Waals surface area contributed by atoms with Gasteiger partial charge in [0.25, 0.3) is 0 Å². The van der Waals surface area contributed by atoms with Crippen molar-refractivity contribution in [2.75, 3.05) is 6.54 Å². The van der Waals surface area contributed by atoms with Gasteiger partial charge in [-0.1, -0.05) is 36.2 Å². The van der Waals surface area contributed by atoms with Crippen molar-refractivity contribution in [2.45, 2.75) is 19.3 Å². The number of hydrogen-bond donors (Lipinski definition) is 1. The maximum absolute atomic E-state index is 6.04. The highest BCUT2D eigenvalue weighted by molar-refractivity contribution is 6.35. The van der Waals surface area contributed by atoms with Crippen molar-refractivity contribution in [2.24, 2.45) is 5.73 Å². The Morgan fingerprint density at radius 2 is 2.08 bits per heavy atom. The molecule has 0 aliphatic heterocycles. The predicted octanol–water partition coefficient (Wildman–Crippen LogP) is 3.45. The Bertz CT molecular complexity index is 282. The summed E-state index contributed by atoms with van der Waals surface area (Å²) in [5, 5.41) is 1.38. The van der Waals surface area contributed by atoms with E-state index in [4.69, 9.17) is 28.9 Å². The number of nitrogens with two attached hydrogens (primary N) is 1. The molecule has 1 atom stereocenters. The molecule has 1 unspecified atom stereocenters. The van der Waals surface area contributed by atoms with E-state index in [0.717, 1.165) is 12.0 Å². The zero-order valence-electron chi connectivity index (χ0n) is 7.56. The Morgan fingerprint density at radius 3 is 2.54 bits per heavy atom. The van der Waals surface area contributed by atoms with Gasteiger partial charge < -0.3 is 5.73 Å². The number of rotatable bonds is 3. The third-order valence-electron chi connectivity index (χ3n) is 2.18. The Labute approximate surface area is 88.8 Å². The minimum absolute atomic E-state index is 0.338. The molecule has 0 aliphatic rings. The molecular weight excluding hydrogens is 205 g/mol. The van der Waals surface area contributed by atoms with Crippen molar-refractivity contribution >= 4 is 23.2 Å². The highest BCUT2D eigenvalue weighted by Crippen LogP contribution is 2.28. The molecule has 0 fully saturated rings. The van der Waals surface area contributed by atoms with Crippen LogP contribution in [0.25, 0.3) is 0 Å². The molecule has 0 amide bonds. The molecule has 0 radical (unpaired) electrons. The fraction of sp³-hybridized carbons (Fsp3) is 0.400. The van der Waals surface area contributed by atoms with Gasteiger partial charge in [-0.2, -0.15) is 0 Å². The van der Waals surface area contributed by atoms with Crippen molar-refractivity contribution in [3.8, 4) is 0 Å². The summed E-state index contributed by atoms with van der Waals surface area (Å²) in [6.07, 6.45) is 0.998. The van der Waals surface area contributed by atoms with Gasteiger partial charge in [-0.15, -0.1) is 0 Å². The van der Waals surface area contributed by atoms with Gasteiger partial charge in [-0.25, -0.2) is 0 Å². The molecule has 0 saturated heterocycles. The molecule has 0 saturated carbocycles. The van der Waals surface area contributed by atoms with E-state index in [0.29, 0.717) is 22.5 Å². The summed E-state index contributed by atoms with van der Waals surface area (Å²) >= 11 is 11.8. The first kappa shape index (κ1) is 10.8. The second-order valence-corrected chi connectivity index (χ2v) is 3.85. The highest BCUT2D eigenvalue weighted by Gasteiger charge is 2.10. The van der Waals surface area contributed by atoms with E-state index in [1.54, 1.807) is 6.07 Å². The molecule has 0 spiro atoms. The second kappa shape index (κ2) is 4.85. The molecule has 0 aliphatic carbocycles. The lowest BCUT2D eigenvalue weighted by molar-refractivity contribution is 0.674. The normalized spacial score (nSPS) is 12.9. The van der Waals surface area contributed by atoms with Gasteiger partial charge in [-0.3, -0.25) is 0 Å². The van der Waals surface area contributed by atoms with Crippen LogP contribution in [0, 0.1) is 0 Å². The minimum Gasteiger partial charge on any atom is -0.330 e. The summed E-state index contributed by atoms with van der Waals surface area (Å²) in [5.74, 6) is 0.338. The summed E-state index contributed by atoms with van der Waals surface area (Å²) < 4.78 is 0. The molecule has 1 aromatic rings. The van der Waals surface area contributed by atoms with E-state index in [1.807, 2.05) is 12.1 Å².